The van der Waals surface area contributed by atoms with Crippen molar-refractivity contribution in [2.24, 2.45) is 0 Å². The van der Waals surface area contributed by atoms with E-state index in [1.165, 1.54) is 0 Å². The molecule has 0 aromatic carbocycles. The highest BCUT2D eigenvalue weighted by molar-refractivity contribution is 5.78. The normalized spacial score (nSPS) is 22.7. The number of hydrogen-bond acceptors (Lipinski definition) is 7. The Morgan fingerprint density at radius 2 is 2.10 bits per heavy atom. The molecule has 2 fully saturated rings. The molecule has 2 saturated heterocycles. The third-order valence-corrected chi connectivity index (χ3v) is 5.74. The Hall–Kier alpha value is -2.57. The first kappa shape index (κ1) is 20.3. The highest BCUT2D eigenvalue weighted by Gasteiger charge is 2.35. The van der Waals surface area contributed by atoms with Crippen LogP contribution < -0.4 is 0 Å². The number of ether oxygens (including phenoxy) is 1. The molecule has 0 saturated carbocycles. The van der Waals surface area contributed by atoms with Crippen LogP contribution in [-0.4, -0.2) is 71.6 Å². The van der Waals surface area contributed by atoms with Crippen LogP contribution in [0.5, 0.6) is 0 Å². The molecule has 12 heteroatoms. The van der Waals surface area contributed by atoms with Gasteiger partial charge in [-0.25, -0.2) is 4.98 Å². The van der Waals surface area contributed by atoms with Crippen molar-refractivity contribution >= 4 is 11.0 Å². The molecule has 2 atom stereocenters. The second kappa shape index (κ2) is 7.84. The molecule has 5 rings (SSSR count). The quantitative estimate of drug-likeness (QED) is 0.629. The van der Waals surface area contributed by atoms with Gasteiger partial charge in [0.25, 0.3) is 0 Å². The first-order valence-electron chi connectivity index (χ1n) is 10.2. The van der Waals surface area contributed by atoms with E-state index in [1.54, 1.807) is 12.3 Å². The van der Waals surface area contributed by atoms with Crippen LogP contribution in [0.3, 0.4) is 0 Å². The van der Waals surface area contributed by atoms with Gasteiger partial charge in [-0.2, -0.15) is 13.2 Å². The lowest BCUT2D eigenvalue weighted by Crippen LogP contribution is -2.39. The molecule has 166 valence electrons. The number of β-amino-alcohol motifs (C(OH)–C–C–N with tert-alkyl or cyclic N) is 1. The minimum atomic E-state index is -4.61. The zero-order valence-electron chi connectivity index (χ0n) is 16.6. The van der Waals surface area contributed by atoms with Gasteiger partial charge >= 0.3 is 6.18 Å². The summed E-state index contributed by atoms with van der Waals surface area (Å²) < 4.78 is 46.1. The number of rotatable bonds is 5. The second-order valence-corrected chi connectivity index (χ2v) is 8.03. The SMILES string of the molecule is OC1CCCN(Cc2nc3cc(-c4nnc(C(F)(F)F)[nH]4)ncc3n2C[C@@H]2CCO2)C1. The summed E-state index contributed by atoms with van der Waals surface area (Å²) >= 11 is 0. The van der Waals surface area contributed by atoms with Crippen LogP contribution in [-0.2, 0) is 24.0 Å². The van der Waals surface area contributed by atoms with Crippen LogP contribution in [0.25, 0.3) is 22.6 Å². The lowest BCUT2D eigenvalue weighted by molar-refractivity contribution is -0.144. The van der Waals surface area contributed by atoms with Gasteiger partial charge in [-0.15, -0.1) is 10.2 Å². The van der Waals surface area contributed by atoms with Crippen LogP contribution in [0.15, 0.2) is 12.3 Å². The number of pyridine rings is 1. The van der Waals surface area contributed by atoms with E-state index in [9.17, 15) is 18.3 Å². The van der Waals surface area contributed by atoms with Crippen LogP contribution >= 0.6 is 0 Å². The third-order valence-electron chi connectivity index (χ3n) is 5.74. The maximum atomic E-state index is 12.8. The maximum absolute atomic E-state index is 12.8. The van der Waals surface area contributed by atoms with E-state index >= 15 is 0 Å². The van der Waals surface area contributed by atoms with E-state index in [1.807, 2.05) is 0 Å². The fourth-order valence-corrected chi connectivity index (χ4v) is 4.04. The summed E-state index contributed by atoms with van der Waals surface area (Å²) in [6.45, 7) is 3.39. The number of likely N-dealkylation sites (tertiary alicyclic amines) is 1. The Balaban J connectivity index is 1.48. The predicted molar refractivity (Wildman–Crippen MR) is 103 cm³/mol. The Labute approximate surface area is 175 Å². The number of aromatic amines is 1. The lowest BCUT2D eigenvalue weighted by Gasteiger charge is -2.31. The molecular weight excluding hydrogens is 415 g/mol. The zero-order chi connectivity index (χ0) is 21.6. The minimum absolute atomic E-state index is 0.0631. The minimum Gasteiger partial charge on any atom is -0.392 e. The average Bonchev–Trinajstić information content (AvgIpc) is 3.29. The van der Waals surface area contributed by atoms with Gasteiger partial charge in [0.15, 0.2) is 5.82 Å². The zero-order valence-corrected chi connectivity index (χ0v) is 16.6. The van der Waals surface area contributed by atoms with Gasteiger partial charge in [0.05, 0.1) is 42.5 Å². The number of alkyl halides is 3. The molecule has 0 amide bonds. The number of imidazole rings is 1. The number of aliphatic hydroxyl groups excluding tert-OH is 1. The van der Waals surface area contributed by atoms with Crippen LogP contribution in [0.1, 0.15) is 30.9 Å². The first-order chi connectivity index (χ1) is 14.9. The smallest absolute Gasteiger partial charge is 0.392 e. The molecule has 2 aliphatic heterocycles. The summed E-state index contributed by atoms with van der Waals surface area (Å²) in [4.78, 5) is 13.4. The Morgan fingerprint density at radius 3 is 2.77 bits per heavy atom. The molecule has 9 nitrogen and oxygen atoms in total. The van der Waals surface area contributed by atoms with E-state index in [-0.39, 0.29) is 23.7 Å². The van der Waals surface area contributed by atoms with Crippen molar-refractivity contribution in [3.8, 4) is 11.5 Å². The molecule has 2 N–H and O–H groups in total. The molecule has 2 aliphatic rings. The number of nitrogens with zero attached hydrogens (tertiary/aromatic N) is 6. The van der Waals surface area contributed by atoms with Crippen LogP contribution in [0.4, 0.5) is 13.2 Å². The van der Waals surface area contributed by atoms with Crippen molar-refractivity contribution in [2.45, 2.75) is 50.7 Å². The fraction of sp³-hybridized carbons (Fsp3) is 0.579. The molecule has 0 aliphatic carbocycles. The Kier molecular flexibility index (Phi) is 5.15. The summed E-state index contributed by atoms with van der Waals surface area (Å²) in [5.74, 6) is -0.416. The maximum Gasteiger partial charge on any atom is 0.451 e. The van der Waals surface area contributed by atoms with E-state index in [0.717, 1.165) is 43.8 Å². The van der Waals surface area contributed by atoms with Gasteiger partial charge in [-0.3, -0.25) is 9.88 Å². The van der Waals surface area contributed by atoms with E-state index in [0.29, 0.717) is 25.2 Å². The van der Waals surface area contributed by atoms with Crippen molar-refractivity contribution in [3.05, 3.63) is 23.9 Å². The van der Waals surface area contributed by atoms with Crippen molar-refractivity contribution < 1.29 is 23.0 Å². The Bertz CT molecular complexity index is 1080. The summed E-state index contributed by atoms with van der Waals surface area (Å²) in [5, 5.41) is 16.7. The number of halogens is 3. The van der Waals surface area contributed by atoms with Crippen molar-refractivity contribution in [1.82, 2.24) is 34.6 Å². The fourth-order valence-electron chi connectivity index (χ4n) is 4.04. The monoisotopic (exact) mass is 437 g/mol. The molecule has 0 spiro atoms. The number of aromatic nitrogens is 6. The second-order valence-electron chi connectivity index (χ2n) is 8.03. The van der Waals surface area contributed by atoms with Gasteiger partial charge in [0.1, 0.15) is 11.5 Å². The van der Waals surface area contributed by atoms with Crippen molar-refractivity contribution in [1.29, 1.82) is 0 Å². The molecule has 0 radical (unpaired) electrons. The van der Waals surface area contributed by atoms with Gasteiger partial charge in [-0.1, -0.05) is 0 Å². The largest absolute Gasteiger partial charge is 0.451 e. The molecule has 5 heterocycles. The summed E-state index contributed by atoms with van der Waals surface area (Å²) in [6, 6.07) is 1.61. The molecule has 0 bridgehead atoms. The van der Waals surface area contributed by atoms with Gasteiger partial charge < -0.3 is 19.4 Å². The van der Waals surface area contributed by atoms with E-state index in [2.05, 4.69) is 29.6 Å². The summed E-state index contributed by atoms with van der Waals surface area (Å²) in [7, 11) is 0. The number of H-pyrrole nitrogens is 1. The molecule has 31 heavy (non-hydrogen) atoms. The van der Waals surface area contributed by atoms with E-state index in [4.69, 9.17) is 9.72 Å². The number of piperidine rings is 1. The highest BCUT2D eigenvalue weighted by atomic mass is 19.4. The van der Waals surface area contributed by atoms with E-state index < -0.39 is 12.0 Å². The third kappa shape index (κ3) is 4.14. The molecule has 1 unspecified atom stereocenters. The van der Waals surface area contributed by atoms with Crippen LogP contribution in [0, 0.1) is 0 Å². The predicted octanol–water partition coefficient (Wildman–Crippen LogP) is 1.98. The number of aliphatic hydroxyl groups is 1. The van der Waals surface area contributed by atoms with Gasteiger partial charge in [0, 0.05) is 13.2 Å². The van der Waals surface area contributed by atoms with Crippen LogP contribution in [0.2, 0.25) is 0 Å². The number of hydrogen-bond donors (Lipinski definition) is 2. The van der Waals surface area contributed by atoms with Gasteiger partial charge in [0.2, 0.25) is 5.82 Å². The van der Waals surface area contributed by atoms with Crippen molar-refractivity contribution in [3.63, 3.8) is 0 Å². The Morgan fingerprint density at radius 1 is 1.26 bits per heavy atom. The summed E-state index contributed by atoms with van der Waals surface area (Å²) in [6.07, 6.45) is -0.563. The summed E-state index contributed by atoms with van der Waals surface area (Å²) in [5.41, 5.74) is 1.63. The number of fused-ring (bicyclic) bond motifs is 1. The standard InChI is InChI=1S/C19H22F3N7O2/c20-19(21,22)18-25-17(26-27-18)14-6-13-15(7-23-14)29(9-12-3-5-31-12)16(24-13)10-28-4-1-2-11(30)8-28/h6-7,11-12,30H,1-5,8-10H2,(H,25,26,27)/t11?,12-/m0/s1. The van der Waals surface area contributed by atoms with Gasteiger partial charge in [-0.05, 0) is 31.9 Å². The molecule has 3 aromatic heterocycles. The van der Waals surface area contributed by atoms with Crippen molar-refractivity contribution in [2.75, 3.05) is 19.7 Å². The first-order valence-corrected chi connectivity index (χ1v) is 10.2. The molecule has 3 aromatic rings. The topological polar surface area (TPSA) is 105 Å². The lowest BCUT2D eigenvalue weighted by atomic mass is 10.1. The average molecular weight is 437 g/mol. The number of nitrogens with one attached hydrogen (secondary N) is 1. The highest BCUT2D eigenvalue weighted by Crippen LogP contribution is 2.28. The molecular formula is C19H22F3N7O2.